The van der Waals surface area contributed by atoms with Crippen LogP contribution in [0, 0.1) is 5.92 Å². The number of aryl methyl sites for hydroxylation is 2. The number of hydrogen-bond donors (Lipinski definition) is 2. The van der Waals surface area contributed by atoms with Crippen LogP contribution in [-0.2, 0) is 27.5 Å². The maximum Gasteiger partial charge on any atom is 0.221 e. The first kappa shape index (κ1) is 19.2. The molecule has 0 aliphatic heterocycles. The standard InChI is InChI=1S/C17H24N2O3S.ClH/c18-11-16(13-4-5-13)19-17(20)8-9-23(21,22)15-7-6-12-2-1-3-14(12)10-15;/h6-7,10,13,16H,1-5,8-9,11,18H2,(H,19,20);1H. The third-order valence-corrected chi connectivity index (χ3v) is 6.53. The van der Waals surface area contributed by atoms with Crippen LogP contribution in [0.4, 0.5) is 0 Å². The maximum absolute atomic E-state index is 12.4. The van der Waals surface area contributed by atoms with Crippen LogP contribution in [0.1, 0.15) is 36.8 Å². The minimum atomic E-state index is -3.42. The first-order valence-corrected chi connectivity index (χ1v) is 9.99. The predicted octanol–water partition coefficient (Wildman–Crippen LogP) is 1.61. The van der Waals surface area contributed by atoms with Gasteiger partial charge in [0.25, 0.3) is 0 Å². The predicted molar refractivity (Wildman–Crippen MR) is 96.1 cm³/mol. The van der Waals surface area contributed by atoms with Crippen molar-refractivity contribution in [2.24, 2.45) is 11.7 Å². The molecule has 1 aromatic carbocycles. The Morgan fingerprint density at radius 1 is 1.25 bits per heavy atom. The van der Waals surface area contributed by atoms with E-state index in [4.69, 9.17) is 5.73 Å². The fourth-order valence-corrected chi connectivity index (χ4v) is 4.52. The maximum atomic E-state index is 12.4. The minimum absolute atomic E-state index is 0. The zero-order valence-electron chi connectivity index (χ0n) is 13.7. The molecule has 1 saturated carbocycles. The molecule has 2 aliphatic carbocycles. The average Bonchev–Trinajstić information content (AvgIpc) is 3.27. The van der Waals surface area contributed by atoms with E-state index in [1.807, 2.05) is 6.07 Å². The van der Waals surface area contributed by atoms with Crippen molar-refractivity contribution in [3.8, 4) is 0 Å². The SMILES string of the molecule is Cl.NCC(NC(=O)CCS(=O)(=O)c1ccc2c(c1)CCC2)C1CC1. The fourth-order valence-electron chi connectivity index (χ4n) is 3.23. The third kappa shape index (κ3) is 4.49. The monoisotopic (exact) mass is 372 g/mol. The van der Waals surface area contributed by atoms with Gasteiger partial charge in [0.15, 0.2) is 9.84 Å². The molecular weight excluding hydrogens is 348 g/mol. The van der Waals surface area contributed by atoms with Gasteiger partial charge in [-0.25, -0.2) is 8.42 Å². The van der Waals surface area contributed by atoms with E-state index in [0.717, 1.165) is 37.7 Å². The highest BCUT2D eigenvalue weighted by atomic mass is 35.5. The second kappa shape index (κ2) is 7.85. The number of rotatable bonds is 7. The first-order chi connectivity index (χ1) is 11.0. The molecule has 0 heterocycles. The summed E-state index contributed by atoms with van der Waals surface area (Å²) < 4.78 is 24.9. The summed E-state index contributed by atoms with van der Waals surface area (Å²) >= 11 is 0. The Morgan fingerprint density at radius 2 is 1.96 bits per heavy atom. The molecule has 1 unspecified atom stereocenters. The van der Waals surface area contributed by atoms with Gasteiger partial charge < -0.3 is 11.1 Å². The second-order valence-electron chi connectivity index (χ2n) is 6.60. The Bertz CT molecular complexity index is 702. The summed E-state index contributed by atoms with van der Waals surface area (Å²) in [6, 6.07) is 5.35. The van der Waals surface area contributed by atoms with E-state index >= 15 is 0 Å². The van der Waals surface area contributed by atoms with Gasteiger partial charge >= 0.3 is 0 Å². The van der Waals surface area contributed by atoms with E-state index in [9.17, 15) is 13.2 Å². The molecule has 24 heavy (non-hydrogen) atoms. The largest absolute Gasteiger partial charge is 0.352 e. The zero-order chi connectivity index (χ0) is 16.4. The number of carbonyl (C=O) groups is 1. The van der Waals surface area contributed by atoms with Crippen LogP contribution < -0.4 is 11.1 Å². The highest BCUT2D eigenvalue weighted by Gasteiger charge is 2.31. The number of amides is 1. The van der Waals surface area contributed by atoms with Gasteiger partial charge in [0.05, 0.1) is 10.6 Å². The van der Waals surface area contributed by atoms with Crippen LogP contribution in [-0.4, -0.2) is 32.7 Å². The molecule has 0 saturated heterocycles. The van der Waals surface area contributed by atoms with Crippen LogP contribution in [0.2, 0.25) is 0 Å². The summed E-state index contributed by atoms with van der Waals surface area (Å²) in [5.41, 5.74) is 8.03. The molecule has 0 spiro atoms. The summed E-state index contributed by atoms with van der Waals surface area (Å²) in [5.74, 6) is 0.0916. The number of nitrogens with two attached hydrogens (primary N) is 1. The van der Waals surface area contributed by atoms with Gasteiger partial charge in [0, 0.05) is 19.0 Å². The molecule has 5 nitrogen and oxygen atoms in total. The summed E-state index contributed by atoms with van der Waals surface area (Å²) in [6.07, 6.45) is 5.23. The van der Waals surface area contributed by atoms with E-state index in [-0.39, 0.29) is 36.5 Å². The Kier molecular flexibility index (Phi) is 6.28. The third-order valence-electron chi connectivity index (χ3n) is 4.82. The van der Waals surface area contributed by atoms with E-state index in [1.54, 1.807) is 12.1 Å². The van der Waals surface area contributed by atoms with Crippen molar-refractivity contribution in [3.63, 3.8) is 0 Å². The lowest BCUT2D eigenvalue weighted by atomic mass is 10.1. The highest BCUT2D eigenvalue weighted by molar-refractivity contribution is 7.91. The molecule has 0 aromatic heterocycles. The molecule has 1 amide bonds. The number of fused-ring (bicyclic) bond motifs is 1. The van der Waals surface area contributed by atoms with Crippen LogP contribution in [0.3, 0.4) is 0 Å². The Balaban J connectivity index is 0.00000208. The van der Waals surface area contributed by atoms with E-state index in [0.29, 0.717) is 17.4 Å². The highest BCUT2D eigenvalue weighted by Crippen LogP contribution is 2.32. The van der Waals surface area contributed by atoms with Gasteiger partial charge in [-0.1, -0.05) is 6.07 Å². The zero-order valence-corrected chi connectivity index (χ0v) is 15.3. The summed E-state index contributed by atoms with van der Waals surface area (Å²) in [5, 5.41) is 2.87. The van der Waals surface area contributed by atoms with Crippen molar-refractivity contribution in [1.82, 2.24) is 5.32 Å². The van der Waals surface area contributed by atoms with Crippen molar-refractivity contribution < 1.29 is 13.2 Å². The quantitative estimate of drug-likeness (QED) is 0.761. The lowest BCUT2D eigenvalue weighted by Crippen LogP contribution is -2.42. The van der Waals surface area contributed by atoms with Gasteiger partial charge in [-0.3, -0.25) is 4.79 Å². The normalized spacial score (nSPS) is 17.7. The number of halogens is 1. The van der Waals surface area contributed by atoms with E-state index in [2.05, 4.69) is 5.32 Å². The van der Waals surface area contributed by atoms with Crippen molar-refractivity contribution in [2.75, 3.05) is 12.3 Å². The molecule has 3 N–H and O–H groups in total. The Morgan fingerprint density at radius 3 is 2.62 bits per heavy atom. The Labute approximate surface area is 149 Å². The van der Waals surface area contributed by atoms with Gasteiger partial charge in [-0.15, -0.1) is 12.4 Å². The summed E-state index contributed by atoms with van der Waals surface area (Å²) in [6.45, 7) is 0.411. The number of sulfone groups is 1. The van der Waals surface area contributed by atoms with Crippen molar-refractivity contribution in [3.05, 3.63) is 29.3 Å². The summed E-state index contributed by atoms with van der Waals surface area (Å²) in [7, 11) is -3.42. The van der Waals surface area contributed by atoms with Crippen LogP contribution in [0.25, 0.3) is 0 Å². The molecule has 2 aliphatic rings. The number of hydrogen-bond acceptors (Lipinski definition) is 4. The van der Waals surface area contributed by atoms with Crippen LogP contribution in [0.15, 0.2) is 23.1 Å². The van der Waals surface area contributed by atoms with Gasteiger partial charge in [0.2, 0.25) is 5.91 Å². The molecule has 3 rings (SSSR count). The molecule has 1 fully saturated rings. The van der Waals surface area contributed by atoms with Crippen molar-refractivity contribution in [1.29, 1.82) is 0 Å². The molecule has 1 aromatic rings. The molecule has 7 heteroatoms. The second-order valence-corrected chi connectivity index (χ2v) is 8.71. The van der Waals surface area contributed by atoms with Crippen LogP contribution >= 0.6 is 12.4 Å². The van der Waals surface area contributed by atoms with Crippen molar-refractivity contribution >= 4 is 28.2 Å². The minimum Gasteiger partial charge on any atom is -0.352 e. The number of nitrogens with one attached hydrogen (secondary N) is 1. The number of carbonyl (C=O) groups excluding carboxylic acids is 1. The average molecular weight is 373 g/mol. The van der Waals surface area contributed by atoms with Crippen molar-refractivity contribution in [2.45, 2.75) is 49.5 Å². The smallest absolute Gasteiger partial charge is 0.221 e. The molecular formula is C17H25ClN2O3S. The number of benzene rings is 1. The topological polar surface area (TPSA) is 89.3 Å². The molecule has 0 bridgehead atoms. The molecule has 134 valence electrons. The molecule has 0 radical (unpaired) electrons. The van der Waals surface area contributed by atoms with Gasteiger partial charge in [-0.2, -0.15) is 0 Å². The van der Waals surface area contributed by atoms with Crippen LogP contribution in [0.5, 0.6) is 0 Å². The van der Waals surface area contributed by atoms with E-state index in [1.165, 1.54) is 5.56 Å². The Hall–Kier alpha value is -1.11. The summed E-state index contributed by atoms with van der Waals surface area (Å²) in [4.78, 5) is 12.3. The molecule has 1 atom stereocenters. The lowest BCUT2D eigenvalue weighted by Gasteiger charge is -2.16. The van der Waals surface area contributed by atoms with E-state index < -0.39 is 9.84 Å². The van der Waals surface area contributed by atoms with Gasteiger partial charge in [-0.05, 0) is 61.3 Å². The first-order valence-electron chi connectivity index (χ1n) is 8.33. The lowest BCUT2D eigenvalue weighted by molar-refractivity contribution is -0.121. The fraction of sp³-hybridized carbons (Fsp3) is 0.588. The van der Waals surface area contributed by atoms with Gasteiger partial charge in [0.1, 0.15) is 0 Å².